The Balaban J connectivity index is 1.08. The largest absolute Gasteiger partial charge is 0.440 e. The number of benzene rings is 1. The zero-order valence-corrected chi connectivity index (χ0v) is 19.3. The monoisotopic (exact) mass is 477 g/mol. The maximum absolute atomic E-state index is 12.9. The summed E-state index contributed by atoms with van der Waals surface area (Å²) in [7, 11) is 1.92. The summed E-state index contributed by atoms with van der Waals surface area (Å²) in [5.74, 6) is 2.74. The maximum Gasteiger partial charge on any atom is 0.416 e. The van der Waals surface area contributed by atoms with Crippen LogP contribution >= 0.6 is 11.8 Å². The molecular weight excluding hydrogens is 451 g/mol. The average Bonchev–Trinajstić information content (AvgIpc) is 3.01. The van der Waals surface area contributed by atoms with E-state index in [1.807, 2.05) is 18.5 Å². The molecule has 1 aromatic carbocycles. The fourth-order valence-electron chi connectivity index (χ4n) is 5.15. The number of thioether (sulfide) groups is 1. The Bertz CT molecular complexity index is 1130. The van der Waals surface area contributed by atoms with E-state index in [-0.39, 0.29) is 5.41 Å². The normalized spacial score (nSPS) is 24.3. The Morgan fingerprint density at radius 1 is 1.24 bits per heavy atom. The summed E-state index contributed by atoms with van der Waals surface area (Å²) < 4.78 is 45.9. The minimum absolute atomic E-state index is 0.0738. The van der Waals surface area contributed by atoms with E-state index in [1.54, 1.807) is 23.9 Å². The molecule has 3 atom stereocenters. The summed E-state index contributed by atoms with van der Waals surface area (Å²) >= 11 is 1.66. The van der Waals surface area contributed by atoms with Gasteiger partial charge in [0.1, 0.15) is 0 Å². The number of nitrogens with one attached hydrogen (secondary N) is 1. The predicted molar refractivity (Wildman–Crippen MR) is 119 cm³/mol. The summed E-state index contributed by atoms with van der Waals surface area (Å²) in [5, 5.41) is 13.0. The zero-order chi connectivity index (χ0) is 23.2. The topological polar surface area (TPSA) is 68.8 Å². The molecule has 33 heavy (non-hydrogen) atoms. The van der Waals surface area contributed by atoms with Crippen LogP contribution in [0.5, 0.6) is 0 Å². The van der Waals surface area contributed by atoms with Crippen LogP contribution in [0.3, 0.4) is 0 Å². The van der Waals surface area contributed by atoms with Gasteiger partial charge in [-0.15, -0.1) is 10.2 Å². The highest BCUT2D eigenvalue weighted by molar-refractivity contribution is 7.99. The van der Waals surface area contributed by atoms with Crippen molar-refractivity contribution in [3.8, 4) is 11.6 Å². The number of rotatable bonds is 8. The van der Waals surface area contributed by atoms with Crippen molar-refractivity contribution in [3.05, 3.63) is 47.5 Å². The lowest BCUT2D eigenvalue weighted by atomic mass is 9.92. The third kappa shape index (κ3) is 4.19. The molecule has 1 N–H and O–H groups in total. The van der Waals surface area contributed by atoms with Gasteiger partial charge in [-0.3, -0.25) is 0 Å². The van der Waals surface area contributed by atoms with E-state index in [9.17, 15) is 13.2 Å². The minimum Gasteiger partial charge on any atom is -0.440 e. The second kappa shape index (κ2) is 8.47. The van der Waals surface area contributed by atoms with E-state index in [4.69, 9.17) is 4.42 Å². The molecule has 10 heteroatoms. The van der Waals surface area contributed by atoms with E-state index < -0.39 is 11.7 Å². The molecule has 1 unspecified atom stereocenters. The predicted octanol–water partition coefficient (Wildman–Crippen LogP) is 4.99. The third-order valence-electron chi connectivity index (χ3n) is 7.05. The van der Waals surface area contributed by atoms with E-state index >= 15 is 0 Å². The van der Waals surface area contributed by atoms with Gasteiger partial charge in [-0.2, -0.15) is 13.2 Å². The summed E-state index contributed by atoms with van der Waals surface area (Å²) in [4.78, 5) is 4.11. The number of aromatic nitrogens is 4. The molecular formula is C23H26F3N5OS. The van der Waals surface area contributed by atoms with E-state index in [2.05, 4.69) is 20.5 Å². The molecule has 0 radical (unpaired) electrons. The van der Waals surface area contributed by atoms with Gasteiger partial charge in [-0.05, 0) is 62.8 Å². The molecule has 2 aliphatic carbocycles. The Kier molecular flexibility index (Phi) is 5.76. The minimum atomic E-state index is -4.28. The van der Waals surface area contributed by atoms with Gasteiger partial charge in [-0.25, -0.2) is 4.98 Å². The van der Waals surface area contributed by atoms with Crippen LogP contribution in [0, 0.1) is 12.8 Å². The molecule has 6 nitrogen and oxygen atoms in total. The SMILES string of the molecule is Cc1ncoc1-c1nnc(SCCCN[C@H]2CC[C@]3(c4ccc(C(F)(F)F)cc4)CC23)n1C. The van der Waals surface area contributed by atoms with Crippen molar-refractivity contribution < 1.29 is 17.6 Å². The Hall–Kier alpha value is -2.33. The Morgan fingerprint density at radius 3 is 2.70 bits per heavy atom. The lowest BCUT2D eigenvalue weighted by Crippen LogP contribution is -2.30. The first-order valence-corrected chi connectivity index (χ1v) is 12.1. The molecule has 2 aromatic heterocycles. The summed E-state index contributed by atoms with van der Waals surface area (Å²) in [6.45, 7) is 2.78. The number of nitrogens with zero attached hydrogens (tertiary/aromatic N) is 4. The van der Waals surface area contributed by atoms with Gasteiger partial charge in [0.2, 0.25) is 5.82 Å². The first kappa shape index (κ1) is 22.5. The van der Waals surface area contributed by atoms with Gasteiger partial charge in [0, 0.05) is 24.3 Å². The van der Waals surface area contributed by atoms with Gasteiger partial charge < -0.3 is 14.3 Å². The molecule has 2 fully saturated rings. The highest BCUT2D eigenvalue weighted by atomic mass is 32.2. The van der Waals surface area contributed by atoms with E-state index in [0.29, 0.717) is 23.5 Å². The number of fused-ring (bicyclic) bond motifs is 1. The van der Waals surface area contributed by atoms with Gasteiger partial charge in [-0.1, -0.05) is 23.9 Å². The van der Waals surface area contributed by atoms with Crippen LogP contribution in [-0.4, -0.2) is 38.1 Å². The third-order valence-corrected chi connectivity index (χ3v) is 8.16. The van der Waals surface area contributed by atoms with Crippen molar-refractivity contribution in [1.82, 2.24) is 25.1 Å². The van der Waals surface area contributed by atoms with E-state index in [1.165, 1.54) is 18.5 Å². The Labute approximate surface area is 194 Å². The second-order valence-corrected chi connectivity index (χ2v) is 10.0. The van der Waals surface area contributed by atoms with Crippen molar-refractivity contribution in [1.29, 1.82) is 0 Å². The molecule has 2 aliphatic rings. The molecule has 0 amide bonds. The first-order chi connectivity index (χ1) is 15.8. The number of oxazole rings is 1. The van der Waals surface area contributed by atoms with Crippen molar-refractivity contribution in [2.75, 3.05) is 12.3 Å². The Morgan fingerprint density at radius 2 is 2.03 bits per heavy atom. The number of alkyl halides is 3. The quantitative estimate of drug-likeness (QED) is 0.364. The van der Waals surface area contributed by atoms with Crippen molar-refractivity contribution in [2.24, 2.45) is 13.0 Å². The summed E-state index contributed by atoms with van der Waals surface area (Å²) in [5.41, 5.74) is 1.34. The van der Waals surface area contributed by atoms with Crippen LogP contribution in [0.1, 0.15) is 42.5 Å². The van der Waals surface area contributed by atoms with Gasteiger partial charge in [0.05, 0.1) is 11.3 Å². The maximum atomic E-state index is 12.9. The van der Waals surface area contributed by atoms with Gasteiger partial charge in [0.15, 0.2) is 17.3 Å². The summed E-state index contributed by atoms with van der Waals surface area (Å²) in [6.07, 6.45) is 1.30. The molecule has 0 spiro atoms. The standard InChI is InChI=1S/C23H26F3N5OS/c1-14-19(32-13-28-14)20-29-30-21(31(20)2)33-11-3-10-27-18-8-9-22(12-17(18)22)15-4-6-16(7-5-15)23(24,25)26/h4-7,13,17-18,27H,3,8-12H2,1-2H3/t17?,18-,22+/m0/s1. The molecule has 5 rings (SSSR count). The van der Waals surface area contributed by atoms with Crippen molar-refractivity contribution in [3.63, 3.8) is 0 Å². The van der Waals surface area contributed by atoms with Crippen molar-refractivity contribution in [2.45, 2.75) is 55.4 Å². The number of hydrogen-bond acceptors (Lipinski definition) is 6. The van der Waals surface area contributed by atoms with Gasteiger partial charge in [0.25, 0.3) is 0 Å². The molecule has 0 saturated heterocycles. The number of aryl methyl sites for hydroxylation is 1. The van der Waals surface area contributed by atoms with Crippen LogP contribution in [0.2, 0.25) is 0 Å². The number of halogens is 3. The molecule has 2 saturated carbocycles. The molecule has 0 aliphatic heterocycles. The highest BCUT2D eigenvalue weighted by Gasteiger charge is 2.62. The van der Waals surface area contributed by atoms with Gasteiger partial charge >= 0.3 is 6.18 Å². The lowest BCUT2D eigenvalue weighted by molar-refractivity contribution is -0.137. The van der Waals surface area contributed by atoms with Crippen LogP contribution in [0.25, 0.3) is 11.6 Å². The smallest absolute Gasteiger partial charge is 0.416 e. The lowest BCUT2D eigenvalue weighted by Gasteiger charge is -2.14. The molecule has 2 heterocycles. The van der Waals surface area contributed by atoms with Crippen molar-refractivity contribution >= 4 is 11.8 Å². The molecule has 3 aromatic rings. The zero-order valence-electron chi connectivity index (χ0n) is 18.5. The number of hydrogen-bond donors (Lipinski definition) is 1. The average molecular weight is 478 g/mol. The second-order valence-electron chi connectivity index (χ2n) is 8.98. The fourth-order valence-corrected chi connectivity index (χ4v) is 6.00. The van der Waals surface area contributed by atoms with Crippen LogP contribution in [-0.2, 0) is 18.6 Å². The first-order valence-electron chi connectivity index (χ1n) is 11.1. The van der Waals surface area contributed by atoms with Crippen LogP contribution in [0.4, 0.5) is 13.2 Å². The molecule has 0 bridgehead atoms. The van der Waals surface area contributed by atoms with Crippen LogP contribution in [0.15, 0.2) is 40.2 Å². The van der Waals surface area contributed by atoms with Crippen LogP contribution < -0.4 is 5.32 Å². The highest BCUT2D eigenvalue weighted by Crippen LogP contribution is 2.64. The van der Waals surface area contributed by atoms with E-state index in [0.717, 1.165) is 54.4 Å². The summed E-state index contributed by atoms with van der Waals surface area (Å²) in [6, 6.07) is 6.24. The molecule has 176 valence electrons. The fraction of sp³-hybridized carbons (Fsp3) is 0.522.